The van der Waals surface area contributed by atoms with E-state index in [2.05, 4.69) is 27.9 Å². The zero-order valence-electron chi connectivity index (χ0n) is 30.9. The van der Waals surface area contributed by atoms with Gasteiger partial charge in [-0.25, -0.2) is 14.3 Å². The normalized spacial score (nSPS) is 24.7. The Morgan fingerprint density at radius 3 is 2.25 bits per heavy atom. The minimum atomic E-state index is -1.53. The van der Waals surface area contributed by atoms with Gasteiger partial charge in [0.25, 0.3) is 5.56 Å². The molecule has 6 rings (SSSR count). The van der Waals surface area contributed by atoms with Gasteiger partial charge in [-0.3, -0.25) is 14.4 Å². The summed E-state index contributed by atoms with van der Waals surface area (Å²) in [4.78, 5) is 70.2. The number of ether oxygens (including phenoxy) is 1. The van der Waals surface area contributed by atoms with Crippen LogP contribution in [0.5, 0.6) is 0 Å². The molecule has 2 aromatic carbocycles. The summed E-state index contributed by atoms with van der Waals surface area (Å²) in [5.74, 6) is -2.85. The van der Waals surface area contributed by atoms with Gasteiger partial charge in [-0.05, 0) is 81.8 Å². The SMILES string of the molecule is CC(C)(C)OC(=O)N[C@@H]1CCCCC/C=C\[C@H]2C[C@]2(C(=O)O)NC(=O)C2C[C@H](n3ncc(-c4ccc(C#N)cc4)c(-c4ccc(C#N)cc4)c3=O)CN2C1=O. The van der Waals surface area contributed by atoms with E-state index in [4.69, 9.17) is 4.74 Å². The molecule has 3 amide bonds. The molecule has 5 atom stereocenters. The standard InChI is InChI=1S/C41H43N7O7/c1-40(2,3)55-39(54)45-32-10-8-6-4-5-7-9-29-20-41(29,38(52)53)46-35(49)33-19-30(24-47(33)36(32)50)48-37(51)34(28-17-13-26(22-43)14-18-28)31(23-44-48)27-15-11-25(21-42)12-16-27/h7,9,11-18,23,29-30,32-33H,4-6,8,10,19-20,24H2,1-3H3,(H,45,54)(H,46,49)(H,52,53)/b9-7-/t29-,30-,32+,33?,41-/m0/s1. The second kappa shape index (κ2) is 15.6. The number of hydrogen-bond donors (Lipinski definition) is 3. The molecular weight excluding hydrogens is 702 g/mol. The number of hydrogen-bond acceptors (Lipinski definition) is 9. The molecule has 1 aliphatic carbocycles. The highest BCUT2D eigenvalue weighted by Gasteiger charge is 2.61. The molecule has 284 valence electrons. The number of carbonyl (C=O) groups is 4. The number of aliphatic carboxylic acids is 1. The third kappa shape index (κ3) is 8.29. The van der Waals surface area contributed by atoms with Crippen LogP contribution in [-0.2, 0) is 19.1 Å². The third-order valence-corrected chi connectivity index (χ3v) is 10.3. The van der Waals surface area contributed by atoms with E-state index in [1.807, 2.05) is 12.2 Å². The van der Waals surface area contributed by atoms with Crippen LogP contribution in [0.2, 0.25) is 0 Å². The molecule has 3 N–H and O–H groups in total. The molecule has 55 heavy (non-hydrogen) atoms. The first-order valence-electron chi connectivity index (χ1n) is 18.4. The van der Waals surface area contributed by atoms with Crippen LogP contribution in [0.25, 0.3) is 22.3 Å². The van der Waals surface area contributed by atoms with Crippen molar-refractivity contribution in [2.45, 2.75) is 95.0 Å². The average Bonchev–Trinajstić information content (AvgIpc) is 3.67. The van der Waals surface area contributed by atoms with Crippen molar-refractivity contribution in [1.82, 2.24) is 25.3 Å². The fraction of sp³-hybridized carbons (Fsp3) is 0.415. The molecule has 1 unspecified atom stereocenters. The lowest BCUT2D eigenvalue weighted by atomic mass is 9.96. The molecule has 1 saturated carbocycles. The van der Waals surface area contributed by atoms with Gasteiger partial charge in [-0.2, -0.15) is 15.6 Å². The molecule has 3 heterocycles. The molecule has 1 saturated heterocycles. The third-order valence-electron chi connectivity index (χ3n) is 10.3. The summed E-state index contributed by atoms with van der Waals surface area (Å²) in [6, 6.07) is 14.2. The van der Waals surface area contributed by atoms with Gasteiger partial charge in [-0.1, -0.05) is 49.3 Å². The second-order valence-corrected chi connectivity index (χ2v) is 15.3. The first kappa shape index (κ1) is 38.4. The van der Waals surface area contributed by atoms with Crippen molar-refractivity contribution in [3.05, 3.63) is 88.4 Å². The Hall–Kier alpha value is -6.28. The van der Waals surface area contributed by atoms with Crippen LogP contribution in [0.1, 0.15) is 82.9 Å². The van der Waals surface area contributed by atoms with Gasteiger partial charge in [0.1, 0.15) is 23.2 Å². The van der Waals surface area contributed by atoms with Gasteiger partial charge in [-0.15, -0.1) is 0 Å². The molecule has 14 nitrogen and oxygen atoms in total. The van der Waals surface area contributed by atoms with Gasteiger partial charge in [0.2, 0.25) is 11.8 Å². The van der Waals surface area contributed by atoms with Crippen molar-refractivity contribution < 1.29 is 29.0 Å². The molecule has 0 spiro atoms. The van der Waals surface area contributed by atoms with Crippen LogP contribution in [0, 0.1) is 28.6 Å². The maximum atomic E-state index is 14.6. The van der Waals surface area contributed by atoms with E-state index in [1.54, 1.807) is 69.3 Å². The minimum Gasteiger partial charge on any atom is -0.479 e. The number of nitriles is 2. The summed E-state index contributed by atoms with van der Waals surface area (Å²) < 4.78 is 6.71. The van der Waals surface area contributed by atoms with Crippen LogP contribution in [0.15, 0.2) is 71.7 Å². The van der Waals surface area contributed by atoms with E-state index in [-0.39, 0.29) is 31.4 Å². The Bertz CT molecular complexity index is 2160. The first-order chi connectivity index (χ1) is 26.2. The number of allylic oxidation sites excluding steroid dienone is 1. The Labute approximate surface area is 318 Å². The minimum absolute atomic E-state index is 0.0666. The number of aromatic nitrogens is 2. The van der Waals surface area contributed by atoms with Crippen molar-refractivity contribution in [3.8, 4) is 34.4 Å². The lowest BCUT2D eigenvalue weighted by Crippen LogP contribution is -2.56. The van der Waals surface area contributed by atoms with Crippen molar-refractivity contribution in [3.63, 3.8) is 0 Å². The predicted octanol–water partition coefficient (Wildman–Crippen LogP) is 4.84. The summed E-state index contributed by atoms with van der Waals surface area (Å²) in [5, 5.41) is 39.0. The Morgan fingerprint density at radius 1 is 0.982 bits per heavy atom. The number of nitrogens with one attached hydrogen (secondary N) is 2. The zero-order chi connectivity index (χ0) is 39.5. The number of carbonyl (C=O) groups excluding carboxylic acids is 3. The maximum Gasteiger partial charge on any atom is 0.408 e. The number of amides is 3. The number of alkyl carbamates (subject to hydrolysis) is 1. The number of fused-ring (bicyclic) bond motifs is 2. The van der Waals surface area contributed by atoms with Crippen LogP contribution in [0.4, 0.5) is 4.79 Å². The molecule has 2 aliphatic heterocycles. The highest BCUT2D eigenvalue weighted by molar-refractivity contribution is 5.96. The van der Waals surface area contributed by atoms with E-state index in [0.29, 0.717) is 40.7 Å². The maximum absolute atomic E-state index is 14.6. The van der Waals surface area contributed by atoms with Crippen molar-refractivity contribution in [2.75, 3.05) is 6.54 Å². The van der Waals surface area contributed by atoms with Gasteiger partial charge >= 0.3 is 12.1 Å². The number of rotatable bonds is 5. The summed E-state index contributed by atoms with van der Waals surface area (Å²) in [7, 11) is 0. The Kier molecular flexibility index (Phi) is 10.9. The Balaban J connectivity index is 1.41. The molecule has 3 aromatic rings. The molecule has 1 aromatic heterocycles. The van der Waals surface area contributed by atoms with Gasteiger partial charge in [0.05, 0.1) is 41.1 Å². The second-order valence-electron chi connectivity index (χ2n) is 15.3. The zero-order valence-corrected chi connectivity index (χ0v) is 30.9. The average molecular weight is 746 g/mol. The highest BCUT2D eigenvalue weighted by Crippen LogP contribution is 2.45. The smallest absolute Gasteiger partial charge is 0.408 e. The van der Waals surface area contributed by atoms with E-state index >= 15 is 0 Å². The number of carboxylic acid groups (broad SMARTS) is 1. The van der Waals surface area contributed by atoms with E-state index in [1.165, 1.54) is 15.8 Å². The predicted molar refractivity (Wildman–Crippen MR) is 200 cm³/mol. The van der Waals surface area contributed by atoms with Gasteiger partial charge < -0.3 is 25.4 Å². The Morgan fingerprint density at radius 2 is 1.64 bits per heavy atom. The van der Waals surface area contributed by atoms with E-state index in [9.17, 15) is 39.6 Å². The summed E-state index contributed by atoms with van der Waals surface area (Å²) in [6.45, 7) is 4.98. The van der Waals surface area contributed by atoms with Crippen molar-refractivity contribution in [1.29, 1.82) is 10.5 Å². The van der Waals surface area contributed by atoms with Crippen LogP contribution < -0.4 is 16.2 Å². The lowest BCUT2D eigenvalue weighted by Gasteiger charge is -2.30. The summed E-state index contributed by atoms with van der Waals surface area (Å²) in [5.41, 5.74) is -0.229. The largest absolute Gasteiger partial charge is 0.479 e. The lowest BCUT2D eigenvalue weighted by molar-refractivity contribution is -0.145. The number of carboxylic acids is 1. The monoisotopic (exact) mass is 745 g/mol. The van der Waals surface area contributed by atoms with Crippen LogP contribution in [0.3, 0.4) is 0 Å². The molecule has 3 aliphatic rings. The van der Waals surface area contributed by atoms with Gasteiger partial charge in [0, 0.05) is 24.4 Å². The number of benzene rings is 2. The highest BCUT2D eigenvalue weighted by atomic mass is 16.6. The van der Waals surface area contributed by atoms with Crippen LogP contribution >= 0.6 is 0 Å². The van der Waals surface area contributed by atoms with Gasteiger partial charge in [0.15, 0.2) is 0 Å². The topological polar surface area (TPSA) is 208 Å². The number of nitrogens with zero attached hydrogens (tertiary/aromatic N) is 5. The first-order valence-corrected chi connectivity index (χ1v) is 18.4. The van der Waals surface area contributed by atoms with Crippen molar-refractivity contribution in [2.24, 2.45) is 5.92 Å². The van der Waals surface area contributed by atoms with E-state index in [0.717, 1.165) is 12.8 Å². The van der Waals surface area contributed by atoms with Crippen LogP contribution in [-0.4, -0.2) is 73.4 Å². The fourth-order valence-electron chi connectivity index (χ4n) is 7.37. The molecule has 0 bridgehead atoms. The molecule has 14 heteroatoms. The summed E-state index contributed by atoms with van der Waals surface area (Å²) in [6.07, 6.45) is 7.67. The van der Waals surface area contributed by atoms with Crippen molar-refractivity contribution >= 4 is 23.9 Å². The molecule has 0 radical (unpaired) electrons. The fourth-order valence-corrected chi connectivity index (χ4v) is 7.37. The summed E-state index contributed by atoms with van der Waals surface area (Å²) >= 11 is 0. The molecular formula is C41H43N7O7. The molecule has 2 fully saturated rings. The quantitative estimate of drug-likeness (QED) is 0.303. The van der Waals surface area contributed by atoms with E-state index < -0.39 is 64.6 Å².